The zero-order valence-corrected chi connectivity index (χ0v) is 71.5. The molecule has 8 aliphatic heterocycles. The predicted molar refractivity (Wildman–Crippen MR) is 486 cm³/mol. The van der Waals surface area contributed by atoms with Gasteiger partial charge >= 0.3 is 0 Å². The number of rotatable bonds is 22. The van der Waals surface area contributed by atoms with Gasteiger partial charge in [-0.25, -0.2) is 0 Å². The molecular formula is C108H106N8O8. The molecular weight excluding hydrogens is 1540 g/mol. The van der Waals surface area contributed by atoms with Gasteiger partial charge in [0.2, 0.25) is 0 Å². The summed E-state index contributed by atoms with van der Waals surface area (Å²) >= 11 is 0. The molecule has 16 nitrogen and oxygen atoms in total. The molecule has 0 aromatic heterocycles. The van der Waals surface area contributed by atoms with E-state index in [9.17, 15) is 0 Å². The van der Waals surface area contributed by atoms with Gasteiger partial charge in [-0.05, 0) is 214 Å². The molecule has 0 N–H and O–H groups in total. The van der Waals surface area contributed by atoms with Gasteiger partial charge < -0.3 is 47.7 Å². The molecule has 0 saturated carbocycles. The van der Waals surface area contributed by atoms with Crippen LogP contribution in [-0.4, -0.2) is 83.2 Å². The molecule has 21 rings (SSSR count). The fourth-order valence-corrected chi connectivity index (χ4v) is 20.0. The maximum Gasteiger partial charge on any atom is 0.161 e. The van der Waals surface area contributed by atoms with Gasteiger partial charge in [0, 0.05) is 148 Å². The quantitative estimate of drug-likeness (QED) is 0.0643. The lowest BCUT2D eigenvalue weighted by Gasteiger charge is -2.33. The Morgan fingerprint density at radius 3 is 0.565 bits per heavy atom. The molecule has 8 heterocycles. The topological polar surface area (TPSA) is 99.8 Å². The Morgan fingerprint density at radius 2 is 0.363 bits per heavy atom. The molecule has 8 aliphatic rings. The maximum absolute atomic E-state index is 6.45. The van der Waals surface area contributed by atoms with Crippen LogP contribution in [0.25, 0.3) is 0 Å². The zero-order valence-electron chi connectivity index (χ0n) is 71.5. The summed E-state index contributed by atoms with van der Waals surface area (Å²) in [5.41, 5.74) is 35.3. The van der Waals surface area contributed by atoms with Crippen molar-refractivity contribution in [1.29, 1.82) is 0 Å². The van der Waals surface area contributed by atoms with Gasteiger partial charge in [0.05, 0.1) is 0 Å². The van der Waals surface area contributed by atoms with Gasteiger partial charge in [-0.2, -0.15) is 0 Å². The number of para-hydroxylation sites is 2. The Bertz CT molecular complexity index is 5780. The molecule has 0 fully saturated rings. The SMILES string of the molecule is Cc1cccc(C)c1N1COc2ccc(Cc3ccc4c(c3)CN(Cc3cccc(CN5COc6ccc(Cc7ccc8c(c7)CN(Cc7cccc(CN9COc%10ccc(Cc%11ccc%12c(c%11)CN(Cc%11cccc(CN%13COc%14ccc(Cc%15ccc%16c(c%15)CN(c%15c(C)cccc%15C)CO%16)cc%14C%13)c%11)CO%12)cc%10C9)c7)CO8)cc6C5)c3)CO4)cc2C1. The highest BCUT2D eigenvalue weighted by molar-refractivity contribution is 5.62. The third-order valence-corrected chi connectivity index (χ3v) is 25.8. The van der Waals surface area contributed by atoms with E-state index in [1.165, 1.54) is 156 Å². The summed E-state index contributed by atoms with van der Waals surface area (Å²) in [6.07, 6.45) is 3.34. The van der Waals surface area contributed by atoms with Gasteiger partial charge in [-0.3, -0.25) is 29.4 Å². The van der Waals surface area contributed by atoms with E-state index < -0.39 is 0 Å². The monoisotopic (exact) mass is 1640 g/mol. The molecule has 0 bridgehead atoms. The number of hydrogen-bond acceptors (Lipinski definition) is 16. The molecule has 0 amide bonds. The summed E-state index contributed by atoms with van der Waals surface area (Å²) < 4.78 is 51.1. The molecule has 626 valence electrons. The molecule has 0 radical (unpaired) electrons. The van der Waals surface area contributed by atoms with E-state index in [2.05, 4.69) is 322 Å². The summed E-state index contributed by atoms with van der Waals surface area (Å²) in [4.78, 5) is 19.1. The first-order chi connectivity index (χ1) is 60.8. The second-order valence-corrected chi connectivity index (χ2v) is 35.7. The first-order valence-electron chi connectivity index (χ1n) is 44.0. The molecule has 0 unspecified atom stereocenters. The van der Waals surface area contributed by atoms with E-state index in [1.807, 2.05) is 0 Å². The van der Waals surface area contributed by atoms with Crippen LogP contribution >= 0.6 is 0 Å². The summed E-state index contributed by atoms with van der Waals surface area (Å²) in [5, 5.41) is 0. The lowest BCUT2D eigenvalue weighted by molar-refractivity contribution is 0.0869. The Balaban J connectivity index is 0.391. The Morgan fingerprint density at radius 1 is 0.185 bits per heavy atom. The zero-order chi connectivity index (χ0) is 83.1. The van der Waals surface area contributed by atoms with Crippen molar-refractivity contribution in [1.82, 2.24) is 29.4 Å². The maximum atomic E-state index is 6.45. The summed E-state index contributed by atoms with van der Waals surface area (Å²) in [6.45, 7) is 24.5. The molecule has 124 heavy (non-hydrogen) atoms. The van der Waals surface area contributed by atoms with Crippen LogP contribution in [0.3, 0.4) is 0 Å². The van der Waals surface area contributed by atoms with Crippen LogP contribution in [0.2, 0.25) is 0 Å². The molecule has 0 atom stereocenters. The highest BCUT2D eigenvalue weighted by Gasteiger charge is 2.29. The van der Waals surface area contributed by atoms with E-state index >= 15 is 0 Å². The minimum atomic E-state index is 0.544. The van der Waals surface area contributed by atoms with Gasteiger partial charge in [-0.1, -0.05) is 194 Å². The van der Waals surface area contributed by atoms with Crippen molar-refractivity contribution in [2.75, 3.05) is 63.6 Å². The van der Waals surface area contributed by atoms with E-state index in [1.54, 1.807) is 0 Å². The van der Waals surface area contributed by atoms with Gasteiger partial charge in [0.15, 0.2) is 13.5 Å². The van der Waals surface area contributed by atoms with E-state index in [0.717, 1.165) is 163 Å². The third kappa shape index (κ3) is 17.8. The number of hydrogen-bond donors (Lipinski definition) is 0. The number of fused-ring (bicyclic) bond motifs is 8. The number of ether oxygens (including phenoxy) is 8. The van der Waals surface area contributed by atoms with E-state index in [-0.39, 0.29) is 0 Å². The van der Waals surface area contributed by atoms with E-state index in [0.29, 0.717) is 53.8 Å². The summed E-state index contributed by atoms with van der Waals surface area (Å²) in [7, 11) is 0. The highest BCUT2D eigenvalue weighted by Crippen LogP contribution is 2.40. The standard InChI is InChI=1S/C108H106N8O8/c1-73-10-5-11-74(2)107(73)115-63-97-49-83(26-34-105(97)123-71-115)38-81-24-32-103-95(47-81)61-113(69-121-103)55-89-18-8-16-87(41-89)53-111-59-93-45-79(22-30-101(93)119-67-111)36-77-20-28-99-91(43-77)57-109(65-117-99)51-85-14-7-15-86(40-85)52-110-58-92-44-78(21-29-100(92)118-66-110)37-80-23-31-102-94(46-80)60-112(68-120-102)54-88-17-9-19-90(42-88)56-114-62-96-48-82(25-33-104(96)122-70-114)39-84-27-35-106-98(50-84)64-116(72-124-106)108-75(3)12-6-13-76(108)4/h5-35,40-50H,36-39,51-72H2,1-4H3. The number of benzene rings is 13. The molecule has 13 aromatic carbocycles. The predicted octanol–water partition coefficient (Wildman–Crippen LogP) is 20.1. The van der Waals surface area contributed by atoms with Crippen LogP contribution in [0.5, 0.6) is 46.0 Å². The van der Waals surface area contributed by atoms with Crippen LogP contribution in [-0.2, 0) is 117 Å². The normalized spacial score (nSPS) is 16.3. The average molecular weight is 1640 g/mol. The minimum Gasteiger partial charge on any atom is -0.478 e. The highest BCUT2D eigenvalue weighted by atomic mass is 16.5. The number of anilines is 2. The van der Waals surface area contributed by atoms with Crippen molar-refractivity contribution >= 4 is 11.4 Å². The molecule has 16 heteroatoms. The molecule has 0 saturated heterocycles. The second kappa shape index (κ2) is 34.7. The van der Waals surface area contributed by atoms with Crippen molar-refractivity contribution in [2.45, 2.75) is 145 Å². The third-order valence-electron chi connectivity index (χ3n) is 25.8. The van der Waals surface area contributed by atoms with Crippen LogP contribution < -0.4 is 47.7 Å². The molecule has 0 spiro atoms. The molecule has 0 aliphatic carbocycles. The van der Waals surface area contributed by atoms with Crippen LogP contribution in [0, 0.1) is 27.7 Å². The van der Waals surface area contributed by atoms with Gasteiger partial charge in [0.25, 0.3) is 0 Å². The van der Waals surface area contributed by atoms with Crippen LogP contribution in [0.4, 0.5) is 11.4 Å². The molecule has 13 aromatic rings. The van der Waals surface area contributed by atoms with Gasteiger partial charge in [-0.15, -0.1) is 0 Å². The van der Waals surface area contributed by atoms with E-state index in [4.69, 9.17) is 37.9 Å². The Labute approximate surface area is 728 Å². The lowest BCUT2D eigenvalue weighted by Crippen LogP contribution is -2.33. The smallest absolute Gasteiger partial charge is 0.161 e. The van der Waals surface area contributed by atoms with Crippen molar-refractivity contribution in [2.24, 2.45) is 0 Å². The largest absolute Gasteiger partial charge is 0.478 e. The second-order valence-electron chi connectivity index (χ2n) is 35.7. The van der Waals surface area contributed by atoms with Crippen molar-refractivity contribution < 1.29 is 37.9 Å². The Kier molecular flexibility index (Phi) is 22.1. The fraction of sp³-hybridized carbons (Fsp3) is 0.278. The summed E-state index contributed by atoms with van der Waals surface area (Å²) in [6, 6.07) is 93.9. The first-order valence-corrected chi connectivity index (χ1v) is 44.0. The van der Waals surface area contributed by atoms with Crippen molar-refractivity contribution in [3.05, 3.63) is 399 Å². The minimum absolute atomic E-state index is 0.544. The van der Waals surface area contributed by atoms with Gasteiger partial charge in [0.1, 0.15) is 86.4 Å². The summed E-state index contributed by atoms with van der Waals surface area (Å²) in [5.74, 6) is 7.79. The number of nitrogens with zero attached hydrogens (tertiary/aromatic N) is 8. The van der Waals surface area contributed by atoms with Crippen molar-refractivity contribution in [3.8, 4) is 46.0 Å². The van der Waals surface area contributed by atoms with Crippen LogP contribution in [0.15, 0.2) is 255 Å². The Hall–Kier alpha value is -12.4. The van der Waals surface area contributed by atoms with Crippen LogP contribution in [0.1, 0.15) is 145 Å². The van der Waals surface area contributed by atoms with Crippen molar-refractivity contribution in [3.63, 3.8) is 0 Å². The number of aryl methyl sites for hydroxylation is 4. The average Bonchev–Trinajstić information content (AvgIpc) is 0.791. The lowest BCUT2D eigenvalue weighted by atomic mass is 9.98. The fourth-order valence-electron chi connectivity index (χ4n) is 20.0. The first kappa shape index (κ1) is 78.8.